The third-order valence-electron chi connectivity index (χ3n) is 5.50. The van der Waals surface area contributed by atoms with Gasteiger partial charge in [-0.3, -0.25) is 14.4 Å². The maximum Gasteiger partial charge on any atom is 0.305 e. The highest BCUT2D eigenvalue weighted by molar-refractivity contribution is 5.86. The Morgan fingerprint density at radius 3 is 2.60 bits per heavy atom. The van der Waals surface area contributed by atoms with Gasteiger partial charge in [-0.1, -0.05) is 26.0 Å². The van der Waals surface area contributed by atoms with Crippen LogP contribution in [0.1, 0.15) is 58.8 Å². The molecule has 0 saturated carbocycles. The van der Waals surface area contributed by atoms with Gasteiger partial charge in [0.15, 0.2) is 0 Å². The Balaban J connectivity index is 2.64. The maximum atomic E-state index is 12.9. The number of carbonyl (C=O) groups is 3. The van der Waals surface area contributed by atoms with Gasteiger partial charge in [0.2, 0.25) is 11.8 Å². The van der Waals surface area contributed by atoms with Gasteiger partial charge in [-0.25, -0.2) is 0 Å². The van der Waals surface area contributed by atoms with Crippen LogP contribution in [-0.4, -0.2) is 59.6 Å². The Morgan fingerprint density at radius 2 is 2.00 bits per heavy atom. The lowest BCUT2D eigenvalue weighted by Gasteiger charge is -2.27. The zero-order chi connectivity index (χ0) is 22.5. The van der Waals surface area contributed by atoms with Crippen LogP contribution in [0.2, 0.25) is 0 Å². The first-order chi connectivity index (χ1) is 14.3. The smallest absolute Gasteiger partial charge is 0.305 e. The molecular weight excluding hydrogens is 384 g/mol. The monoisotopic (exact) mass is 422 g/mol. The lowest BCUT2D eigenvalue weighted by molar-refractivity contribution is -0.145. The van der Waals surface area contributed by atoms with Gasteiger partial charge in [0.05, 0.1) is 24.6 Å². The highest BCUT2D eigenvalue weighted by atomic mass is 16.5. The number of rotatable bonds is 14. The second-order valence-electron chi connectivity index (χ2n) is 8.21. The summed E-state index contributed by atoms with van der Waals surface area (Å²) in [4.78, 5) is 39.1. The van der Waals surface area contributed by atoms with Crippen LogP contribution in [0, 0.1) is 11.8 Å². The number of nitrogens with zero attached hydrogens (tertiary/aromatic N) is 1. The van der Waals surface area contributed by atoms with E-state index in [9.17, 15) is 19.5 Å². The van der Waals surface area contributed by atoms with Crippen molar-refractivity contribution in [3.63, 3.8) is 0 Å². The van der Waals surface area contributed by atoms with Gasteiger partial charge in [-0.05, 0) is 38.0 Å². The summed E-state index contributed by atoms with van der Waals surface area (Å²) in [6, 6.07) is -0.492. The number of carbonyl (C=O) groups excluding carboxylic acids is 3. The SMILES string of the molecule is C=CCCCC(=O)OC[C@@H](NC(=O)[C@H](CC=C)CC(=O)N1CCC[C@H]1CO)C(C)C. The molecule has 7 heteroatoms. The van der Waals surface area contributed by atoms with Crippen molar-refractivity contribution in [2.75, 3.05) is 19.8 Å². The molecule has 0 aromatic carbocycles. The predicted octanol–water partition coefficient (Wildman–Crippen LogP) is 2.59. The molecule has 1 aliphatic rings. The Bertz CT molecular complexity index is 590. The molecule has 0 spiro atoms. The van der Waals surface area contributed by atoms with Crippen molar-refractivity contribution in [1.82, 2.24) is 10.2 Å². The minimum absolute atomic E-state index is 0.0579. The molecule has 0 aliphatic carbocycles. The van der Waals surface area contributed by atoms with Crippen molar-refractivity contribution < 1.29 is 24.2 Å². The molecule has 2 N–H and O–H groups in total. The van der Waals surface area contributed by atoms with Crippen molar-refractivity contribution in [1.29, 1.82) is 0 Å². The summed E-state index contributed by atoms with van der Waals surface area (Å²) >= 11 is 0. The minimum atomic E-state index is -0.542. The number of esters is 1. The van der Waals surface area contributed by atoms with E-state index in [2.05, 4.69) is 18.5 Å². The second-order valence-corrected chi connectivity index (χ2v) is 8.21. The van der Waals surface area contributed by atoms with Crippen molar-refractivity contribution in [2.24, 2.45) is 11.8 Å². The molecule has 170 valence electrons. The van der Waals surface area contributed by atoms with Crippen molar-refractivity contribution in [3.05, 3.63) is 25.3 Å². The fourth-order valence-corrected chi connectivity index (χ4v) is 3.51. The summed E-state index contributed by atoms with van der Waals surface area (Å²) in [7, 11) is 0. The molecule has 7 nitrogen and oxygen atoms in total. The van der Waals surface area contributed by atoms with Gasteiger partial charge >= 0.3 is 5.97 Å². The fraction of sp³-hybridized carbons (Fsp3) is 0.696. The van der Waals surface area contributed by atoms with E-state index in [4.69, 9.17) is 4.74 Å². The topological polar surface area (TPSA) is 95.9 Å². The number of allylic oxidation sites excluding steroid dienone is 2. The Labute approximate surface area is 180 Å². The van der Waals surface area contributed by atoms with Crippen LogP contribution in [0.4, 0.5) is 0 Å². The van der Waals surface area contributed by atoms with Crippen molar-refractivity contribution in [2.45, 2.75) is 70.9 Å². The standard InChI is InChI=1S/C23H38N2O5/c1-5-7-8-12-22(28)30-16-20(17(3)4)24-23(29)18(10-6-2)14-21(27)25-13-9-11-19(25)15-26/h5-6,17-20,26H,1-2,7-16H2,3-4H3,(H,24,29)/t18-,19+,20-/m1/s1. The zero-order valence-corrected chi connectivity index (χ0v) is 18.5. The Morgan fingerprint density at radius 1 is 1.27 bits per heavy atom. The number of ether oxygens (including phenoxy) is 1. The number of likely N-dealkylation sites (tertiary alicyclic amines) is 1. The first-order valence-corrected chi connectivity index (χ1v) is 10.9. The fourth-order valence-electron chi connectivity index (χ4n) is 3.51. The molecule has 1 rings (SSSR count). The molecule has 2 amide bonds. The van der Waals surface area contributed by atoms with E-state index in [1.54, 1.807) is 17.1 Å². The Kier molecular flexibility index (Phi) is 12.0. The summed E-state index contributed by atoms with van der Waals surface area (Å²) in [6.07, 6.45) is 7.26. The molecule has 0 radical (unpaired) electrons. The molecule has 30 heavy (non-hydrogen) atoms. The second kappa shape index (κ2) is 14.0. The quantitative estimate of drug-likeness (QED) is 0.255. The highest BCUT2D eigenvalue weighted by Crippen LogP contribution is 2.21. The van der Waals surface area contributed by atoms with Gasteiger partial charge in [-0.2, -0.15) is 0 Å². The van der Waals surface area contributed by atoms with Crippen LogP contribution in [0.5, 0.6) is 0 Å². The first-order valence-electron chi connectivity index (χ1n) is 10.9. The third kappa shape index (κ3) is 8.69. The maximum absolute atomic E-state index is 12.9. The molecule has 3 atom stereocenters. The van der Waals surface area contributed by atoms with Gasteiger partial charge in [-0.15, -0.1) is 13.2 Å². The van der Waals surface area contributed by atoms with Crippen molar-refractivity contribution >= 4 is 17.8 Å². The van der Waals surface area contributed by atoms with Crippen LogP contribution < -0.4 is 5.32 Å². The largest absolute Gasteiger partial charge is 0.463 e. The van der Waals surface area contributed by atoms with E-state index >= 15 is 0 Å². The van der Waals surface area contributed by atoms with E-state index in [-0.39, 0.29) is 55.4 Å². The normalized spacial score (nSPS) is 18.0. The van der Waals surface area contributed by atoms with Gasteiger partial charge in [0.1, 0.15) is 6.61 Å². The predicted molar refractivity (Wildman–Crippen MR) is 117 cm³/mol. The molecule has 0 aromatic heterocycles. The van der Waals surface area contributed by atoms with E-state index in [1.165, 1.54) is 0 Å². The number of aliphatic hydroxyl groups excluding tert-OH is 1. The summed E-state index contributed by atoms with van der Waals surface area (Å²) in [6.45, 7) is 11.9. The number of nitrogens with one attached hydrogen (secondary N) is 1. The molecule has 1 aliphatic heterocycles. The van der Waals surface area contributed by atoms with Crippen LogP contribution in [-0.2, 0) is 19.1 Å². The number of hydrogen-bond acceptors (Lipinski definition) is 5. The average molecular weight is 423 g/mol. The van der Waals surface area contributed by atoms with Crippen LogP contribution in [0.3, 0.4) is 0 Å². The van der Waals surface area contributed by atoms with Gasteiger partial charge < -0.3 is 20.1 Å². The molecule has 0 unspecified atom stereocenters. The lowest BCUT2D eigenvalue weighted by atomic mass is 9.97. The van der Waals surface area contributed by atoms with E-state index in [0.29, 0.717) is 25.8 Å². The molecular formula is C23H38N2O5. The molecule has 0 aromatic rings. The zero-order valence-electron chi connectivity index (χ0n) is 18.5. The highest BCUT2D eigenvalue weighted by Gasteiger charge is 2.32. The molecule has 1 saturated heterocycles. The van der Waals surface area contributed by atoms with Gasteiger partial charge in [0, 0.05) is 19.4 Å². The third-order valence-corrected chi connectivity index (χ3v) is 5.50. The molecule has 1 fully saturated rings. The van der Waals surface area contributed by atoms with E-state index < -0.39 is 5.92 Å². The Hall–Kier alpha value is -2.15. The lowest BCUT2D eigenvalue weighted by Crippen LogP contribution is -2.46. The number of unbranched alkanes of at least 4 members (excludes halogenated alkanes) is 1. The summed E-state index contributed by atoms with van der Waals surface area (Å²) in [5.74, 6) is -1.14. The van der Waals surface area contributed by atoms with Crippen LogP contribution >= 0.6 is 0 Å². The first kappa shape index (κ1) is 25.9. The van der Waals surface area contributed by atoms with E-state index in [1.807, 2.05) is 13.8 Å². The number of hydrogen-bond donors (Lipinski definition) is 2. The van der Waals surface area contributed by atoms with Gasteiger partial charge in [0.25, 0.3) is 0 Å². The number of aliphatic hydroxyl groups is 1. The summed E-state index contributed by atoms with van der Waals surface area (Å²) in [5.41, 5.74) is 0. The summed E-state index contributed by atoms with van der Waals surface area (Å²) < 4.78 is 5.33. The van der Waals surface area contributed by atoms with Crippen LogP contribution in [0.25, 0.3) is 0 Å². The number of amides is 2. The van der Waals surface area contributed by atoms with Crippen molar-refractivity contribution in [3.8, 4) is 0 Å². The minimum Gasteiger partial charge on any atom is -0.463 e. The van der Waals surface area contributed by atoms with Crippen LogP contribution in [0.15, 0.2) is 25.3 Å². The van der Waals surface area contributed by atoms with E-state index in [0.717, 1.165) is 19.3 Å². The summed E-state index contributed by atoms with van der Waals surface area (Å²) in [5, 5.41) is 12.4. The molecule has 1 heterocycles. The average Bonchev–Trinajstić information content (AvgIpc) is 3.19. The molecule has 0 bridgehead atoms.